The molecule has 29 heavy (non-hydrogen) atoms. The van der Waals surface area contributed by atoms with Gasteiger partial charge in [-0.25, -0.2) is 0 Å². The fourth-order valence-electron chi connectivity index (χ4n) is 3.25. The highest BCUT2D eigenvalue weighted by Crippen LogP contribution is 2.31. The van der Waals surface area contributed by atoms with Crippen LogP contribution < -0.4 is 25.2 Å². The first-order valence-corrected chi connectivity index (χ1v) is 9.45. The normalized spacial score (nSPS) is 17.8. The van der Waals surface area contributed by atoms with Gasteiger partial charge < -0.3 is 14.4 Å². The quantitative estimate of drug-likeness (QED) is 0.746. The summed E-state index contributed by atoms with van der Waals surface area (Å²) in [5, 5.41) is 0.509. The number of nitrogens with one attached hydrogen (secondary N) is 2. The Bertz CT molecular complexity index is 980. The number of carbonyl (C=O) groups is 3. The first-order chi connectivity index (χ1) is 14.0. The van der Waals surface area contributed by atoms with Gasteiger partial charge in [0.25, 0.3) is 5.91 Å². The third-order valence-corrected chi connectivity index (χ3v) is 4.95. The van der Waals surface area contributed by atoms with E-state index in [9.17, 15) is 14.4 Å². The van der Waals surface area contributed by atoms with E-state index in [2.05, 4.69) is 10.9 Å². The molecule has 2 heterocycles. The van der Waals surface area contributed by atoms with Crippen molar-refractivity contribution in [2.75, 3.05) is 24.7 Å². The zero-order valence-electron chi connectivity index (χ0n) is 15.3. The van der Waals surface area contributed by atoms with Crippen LogP contribution in [0.2, 0.25) is 5.02 Å². The van der Waals surface area contributed by atoms with Crippen molar-refractivity contribution >= 4 is 35.0 Å². The maximum Gasteiger partial charge on any atom is 0.269 e. The molecule has 2 aromatic carbocycles. The molecule has 4 rings (SSSR count). The van der Waals surface area contributed by atoms with E-state index in [-0.39, 0.29) is 18.9 Å². The van der Waals surface area contributed by atoms with E-state index >= 15 is 0 Å². The second-order valence-electron chi connectivity index (χ2n) is 6.69. The summed E-state index contributed by atoms with van der Waals surface area (Å²) >= 11 is 5.98. The number of nitrogens with zero attached hydrogens (tertiary/aromatic N) is 1. The zero-order valence-corrected chi connectivity index (χ0v) is 16.1. The molecule has 0 aliphatic carbocycles. The van der Waals surface area contributed by atoms with Crippen LogP contribution in [0.4, 0.5) is 5.69 Å². The van der Waals surface area contributed by atoms with Gasteiger partial charge in [-0.3, -0.25) is 25.2 Å². The molecular formula is C20H18ClN3O5. The molecule has 9 heteroatoms. The summed E-state index contributed by atoms with van der Waals surface area (Å²) in [5.74, 6) is -0.635. The highest BCUT2D eigenvalue weighted by molar-refractivity contribution is 6.31. The second kappa shape index (κ2) is 8.00. The van der Waals surface area contributed by atoms with Crippen LogP contribution in [0.3, 0.4) is 0 Å². The van der Waals surface area contributed by atoms with Crippen LogP contribution in [-0.2, 0) is 9.59 Å². The molecule has 0 spiro atoms. The fraction of sp³-hybridized carbons (Fsp3) is 0.250. The maximum absolute atomic E-state index is 12.4. The van der Waals surface area contributed by atoms with Gasteiger partial charge in [0.2, 0.25) is 11.8 Å². The minimum atomic E-state index is -0.581. The first kappa shape index (κ1) is 19.1. The van der Waals surface area contributed by atoms with Gasteiger partial charge in [-0.05, 0) is 36.4 Å². The Balaban J connectivity index is 1.35. The molecule has 2 N–H and O–H groups in total. The fourth-order valence-corrected chi connectivity index (χ4v) is 3.44. The van der Waals surface area contributed by atoms with E-state index < -0.39 is 17.7 Å². The van der Waals surface area contributed by atoms with Crippen molar-refractivity contribution in [1.29, 1.82) is 0 Å². The molecule has 1 unspecified atom stereocenters. The molecule has 2 aromatic rings. The molecule has 1 saturated heterocycles. The topological polar surface area (TPSA) is 97.0 Å². The third kappa shape index (κ3) is 4.12. The number of hydrogen-bond donors (Lipinski definition) is 2. The average molecular weight is 416 g/mol. The van der Waals surface area contributed by atoms with Crippen molar-refractivity contribution in [3.8, 4) is 11.5 Å². The van der Waals surface area contributed by atoms with E-state index in [4.69, 9.17) is 21.1 Å². The van der Waals surface area contributed by atoms with Crippen LogP contribution in [0, 0.1) is 5.92 Å². The van der Waals surface area contributed by atoms with Crippen molar-refractivity contribution in [3.63, 3.8) is 0 Å². The molecule has 150 valence electrons. The summed E-state index contributed by atoms with van der Waals surface area (Å²) < 4.78 is 10.9. The molecule has 2 aliphatic rings. The van der Waals surface area contributed by atoms with Gasteiger partial charge in [0.1, 0.15) is 13.2 Å². The monoisotopic (exact) mass is 415 g/mol. The van der Waals surface area contributed by atoms with Gasteiger partial charge in [-0.15, -0.1) is 0 Å². The highest BCUT2D eigenvalue weighted by atomic mass is 35.5. The highest BCUT2D eigenvalue weighted by Gasteiger charge is 2.35. The van der Waals surface area contributed by atoms with Crippen LogP contribution in [0.5, 0.6) is 11.5 Å². The molecule has 0 radical (unpaired) electrons. The van der Waals surface area contributed by atoms with Gasteiger partial charge >= 0.3 is 0 Å². The summed E-state index contributed by atoms with van der Waals surface area (Å²) in [6, 6.07) is 11.7. The minimum absolute atomic E-state index is 0.0538. The SMILES string of the molecule is O=C(NNC(=O)C1CC(=O)N(c2cccc(Cl)c2)C1)c1ccc2c(c1)OCCO2. The summed E-state index contributed by atoms with van der Waals surface area (Å²) in [6.07, 6.45) is 0.0538. The largest absolute Gasteiger partial charge is 0.486 e. The lowest BCUT2D eigenvalue weighted by atomic mass is 10.1. The van der Waals surface area contributed by atoms with Gasteiger partial charge in [-0.2, -0.15) is 0 Å². The number of hydrazine groups is 1. The Labute approximate surface area is 171 Å². The standard InChI is InChI=1S/C20H18ClN3O5/c21-14-2-1-3-15(10-14)24-11-13(9-18(24)25)20(27)23-22-19(26)12-4-5-16-17(8-12)29-7-6-28-16/h1-5,8,10,13H,6-7,9,11H2,(H,22,26)(H,23,27). The summed E-state index contributed by atoms with van der Waals surface area (Å²) in [4.78, 5) is 38.6. The van der Waals surface area contributed by atoms with Gasteiger partial charge in [-0.1, -0.05) is 17.7 Å². The molecule has 1 atom stereocenters. The number of rotatable bonds is 3. The number of anilines is 1. The van der Waals surface area contributed by atoms with Crippen LogP contribution >= 0.6 is 11.6 Å². The lowest BCUT2D eigenvalue weighted by Gasteiger charge is -2.19. The average Bonchev–Trinajstić information content (AvgIpc) is 3.13. The molecule has 0 bridgehead atoms. The van der Waals surface area contributed by atoms with Crippen LogP contribution in [-0.4, -0.2) is 37.5 Å². The Morgan fingerprint density at radius 1 is 1.03 bits per heavy atom. The van der Waals surface area contributed by atoms with E-state index in [1.165, 1.54) is 4.90 Å². The number of amides is 3. The van der Waals surface area contributed by atoms with E-state index in [1.54, 1.807) is 42.5 Å². The molecule has 3 amide bonds. The van der Waals surface area contributed by atoms with Gasteiger partial charge in [0.15, 0.2) is 11.5 Å². The molecule has 8 nitrogen and oxygen atoms in total. The second-order valence-corrected chi connectivity index (χ2v) is 7.12. The molecule has 0 aromatic heterocycles. The van der Waals surface area contributed by atoms with Crippen molar-refractivity contribution in [3.05, 3.63) is 53.1 Å². The van der Waals surface area contributed by atoms with Gasteiger partial charge in [0, 0.05) is 29.2 Å². The first-order valence-electron chi connectivity index (χ1n) is 9.07. The summed E-state index contributed by atoms with van der Waals surface area (Å²) in [6.45, 7) is 1.08. The van der Waals surface area contributed by atoms with Gasteiger partial charge in [0.05, 0.1) is 5.92 Å². The van der Waals surface area contributed by atoms with Crippen molar-refractivity contribution in [1.82, 2.24) is 10.9 Å². The predicted molar refractivity (Wildman–Crippen MR) is 105 cm³/mol. The van der Waals surface area contributed by atoms with E-state index in [1.807, 2.05) is 0 Å². The van der Waals surface area contributed by atoms with E-state index in [0.717, 1.165) is 0 Å². The molecular weight excluding hydrogens is 398 g/mol. The number of hydrogen-bond acceptors (Lipinski definition) is 5. The summed E-state index contributed by atoms with van der Waals surface area (Å²) in [7, 11) is 0. The molecule has 1 fully saturated rings. The lowest BCUT2D eigenvalue weighted by molar-refractivity contribution is -0.126. The smallest absolute Gasteiger partial charge is 0.269 e. The van der Waals surface area contributed by atoms with Crippen molar-refractivity contribution < 1.29 is 23.9 Å². The van der Waals surface area contributed by atoms with E-state index in [0.29, 0.717) is 41.0 Å². The number of carbonyl (C=O) groups excluding carboxylic acids is 3. The maximum atomic E-state index is 12.4. The Morgan fingerprint density at radius 2 is 1.83 bits per heavy atom. The molecule has 2 aliphatic heterocycles. The number of ether oxygens (including phenoxy) is 2. The Hall–Kier alpha value is -3.26. The third-order valence-electron chi connectivity index (χ3n) is 4.72. The summed E-state index contributed by atoms with van der Waals surface area (Å²) in [5.41, 5.74) is 5.72. The predicted octanol–water partition coefficient (Wildman–Crippen LogP) is 1.93. The number of halogens is 1. The lowest BCUT2D eigenvalue weighted by Crippen LogP contribution is -2.45. The van der Waals surface area contributed by atoms with Crippen LogP contribution in [0.15, 0.2) is 42.5 Å². The Kier molecular flexibility index (Phi) is 5.26. The Morgan fingerprint density at radius 3 is 2.62 bits per heavy atom. The van der Waals surface area contributed by atoms with Crippen LogP contribution in [0.1, 0.15) is 16.8 Å². The van der Waals surface area contributed by atoms with Crippen molar-refractivity contribution in [2.24, 2.45) is 5.92 Å². The van der Waals surface area contributed by atoms with Crippen LogP contribution in [0.25, 0.3) is 0 Å². The number of benzene rings is 2. The number of fused-ring (bicyclic) bond motifs is 1. The zero-order chi connectivity index (χ0) is 20.4. The molecule has 0 saturated carbocycles. The minimum Gasteiger partial charge on any atom is -0.486 e. The van der Waals surface area contributed by atoms with Crippen molar-refractivity contribution in [2.45, 2.75) is 6.42 Å².